The Morgan fingerprint density at radius 1 is 1.44 bits per heavy atom. The highest BCUT2D eigenvalue weighted by molar-refractivity contribution is 9.10. The third-order valence-corrected chi connectivity index (χ3v) is 4.70. The van der Waals surface area contributed by atoms with Gasteiger partial charge in [0.2, 0.25) is 11.8 Å². The highest BCUT2D eigenvalue weighted by Crippen LogP contribution is 2.41. The van der Waals surface area contributed by atoms with Gasteiger partial charge in [-0.05, 0) is 43.1 Å². The van der Waals surface area contributed by atoms with E-state index in [1.54, 1.807) is 31.5 Å². The van der Waals surface area contributed by atoms with Crippen LogP contribution in [0, 0.1) is 5.41 Å². The number of rotatable bonds is 1. The van der Waals surface area contributed by atoms with Gasteiger partial charge >= 0.3 is 6.09 Å². The van der Waals surface area contributed by atoms with Crippen LogP contribution in [-0.4, -0.2) is 50.8 Å². The summed E-state index contributed by atoms with van der Waals surface area (Å²) in [6, 6.07) is 0.790. The fourth-order valence-electron chi connectivity index (χ4n) is 3.24. The number of likely N-dealkylation sites (tertiary alicyclic amines) is 1. The maximum atomic E-state index is 12.7. The van der Waals surface area contributed by atoms with Crippen molar-refractivity contribution in [2.45, 2.75) is 45.4 Å². The van der Waals surface area contributed by atoms with Crippen molar-refractivity contribution in [1.82, 2.24) is 14.7 Å². The monoisotopic (exact) mass is 413 g/mol. The van der Waals surface area contributed by atoms with Crippen molar-refractivity contribution >= 4 is 39.7 Å². The van der Waals surface area contributed by atoms with Gasteiger partial charge < -0.3 is 15.8 Å². The molecule has 0 radical (unpaired) electrons. The lowest BCUT2D eigenvalue weighted by Crippen LogP contribution is -2.48. The molecule has 2 aliphatic heterocycles. The fraction of sp³-hybridized carbons (Fsp3) is 0.600. The van der Waals surface area contributed by atoms with Crippen LogP contribution in [0.5, 0.6) is 0 Å². The molecule has 1 spiro atoms. The van der Waals surface area contributed by atoms with Crippen LogP contribution in [0.1, 0.15) is 27.2 Å². The van der Waals surface area contributed by atoms with E-state index in [-0.39, 0.29) is 25.4 Å². The Kier molecular flexibility index (Phi) is 4.05. The molecule has 1 aromatic rings. The number of ether oxygens (including phenoxy) is 1. The molecule has 1 aromatic heterocycles. The molecule has 0 bridgehead atoms. The van der Waals surface area contributed by atoms with Crippen molar-refractivity contribution in [1.29, 1.82) is 0 Å². The average molecular weight is 414 g/mol. The van der Waals surface area contributed by atoms with Gasteiger partial charge in [0.25, 0.3) is 0 Å². The maximum Gasteiger partial charge on any atom is 0.411 e. The molecule has 3 N–H and O–H groups in total. The van der Waals surface area contributed by atoms with Gasteiger partial charge in [-0.3, -0.25) is 14.5 Å². The van der Waals surface area contributed by atoms with Crippen molar-refractivity contribution < 1.29 is 19.1 Å². The van der Waals surface area contributed by atoms with E-state index < -0.39 is 29.1 Å². The molecule has 2 aliphatic rings. The van der Waals surface area contributed by atoms with Crippen LogP contribution in [0.3, 0.4) is 0 Å². The number of aromatic nitrogens is 2. The second kappa shape index (κ2) is 5.72. The number of carbonyl (C=O) groups excluding carboxylic acids is 3. The summed E-state index contributed by atoms with van der Waals surface area (Å²) in [6.07, 6.45) is -0.530. The van der Waals surface area contributed by atoms with E-state index in [9.17, 15) is 14.4 Å². The molecule has 0 saturated carbocycles. The van der Waals surface area contributed by atoms with Gasteiger partial charge in [0.05, 0.1) is 12.0 Å². The molecule has 1 fully saturated rings. The molecule has 25 heavy (non-hydrogen) atoms. The number of halogens is 1. The molecule has 1 saturated heterocycles. The Morgan fingerprint density at radius 2 is 2.12 bits per heavy atom. The molecule has 9 nitrogen and oxygen atoms in total. The van der Waals surface area contributed by atoms with Gasteiger partial charge in [0.15, 0.2) is 0 Å². The molecule has 2 atom stereocenters. The number of nitrogens with one attached hydrogen (secondary N) is 1. The number of hydrogen-bond acceptors (Lipinski definition) is 5. The van der Waals surface area contributed by atoms with Crippen LogP contribution in [0.4, 0.5) is 10.6 Å². The zero-order chi connectivity index (χ0) is 18.6. The SMILES string of the molecule is CC(C)(C)OC(=O)N1CC2(C[C@H]1C(N)=O)Cn1nc(Br)cc1NC2=O. The molecule has 3 amide bonds. The molecule has 136 valence electrons. The van der Waals surface area contributed by atoms with Gasteiger partial charge in [0, 0.05) is 12.6 Å². The Hall–Kier alpha value is -2.10. The highest BCUT2D eigenvalue weighted by Gasteiger charge is 2.55. The summed E-state index contributed by atoms with van der Waals surface area (Å²) in [5.74, 6) is -0.360. The smallest absolute Gasteiger partial charge is 0.411 e. The summed E-state index contributed by atoms with van der Waals surface area (Å²) < 4.78 is 7.59. The number of nitrogens with zero attached hydrogens (tertiary/aromatic N) is 3. The zero-order valence-electron chi connectivity index (χ0n) is 14.2. The van der Waals surface area contributed by atoms with Crippen LogP contribution >= 0.6 is 15.9 Å². The van der Waals surface area contributed by atoms with Gasteiger partial charge in [-0.25, -0.2) is 9.48 Å². The molecule has 0 aromatic carbocycles. The molecule has 10 heteroatoms. The second-order valence-corrected chi connectivity index (χ2v) is 8.29. The molecule has 1 unspecified atom stereocenters. The number of fused-ring (bicyclic) bond motifs is 1. The lowest BCUT2D eigenvalue weighted by atomic mass is 9.83. The minimum Gasteiger partial charge on any atom is -0.444 e. The van der Waals surface area contributed by atoms with Crippen LogP contribution in [0.2, 0.25) is 0 Å². The topological polar surface area (TPSA) is 120 Å². The maximum absolute atomic E-state index is 12.7. The molecule has 3 heterocycles. The Morgan fingerprint density at radius 3 is 2.72 bits per heavy atom. The van der Waals surface area contributed by atoms with Gasteiger partial charge in [-0.1, -0.05) is 0 Å². The average Bonchev–Trinajstić information content (AvgIpc) is 2.99. The fourth-order valence-corrected chi connectivity index (χ4v) is 3.65. The van der Waals surface area contributed by atoms with Crippen molar-refractivity contribution in [3.8, 4) is 0 Å². The Bertz CT molecular complexity index is 756. The summed E-state index contributed by atoms with van der Waals surface area (Å²) >= 11 is 3.27. The third kappa shape index (κ3) is 3.22. The predicted molar refractivity (Wildman–Crippen MR) is 91.5 cm³/mol. The first kappa shape index (κ1) is 17.7. The summed E-state index contributed by atoms with van der Waals surface area (Å²) in [7, 11) is 0. The van der Waals surface area contributed by atoms with Crippen LogP contribution in [0.25, 0.3) is 0 Å². The second-order valence-electron chi connectivity index (χ2n) is 7.47. The van der Waals surface area contributed by atoms with E-state index in [0.29, 0.717) is 10.4 Å². The van der Waals surface area contributed by atoms with Crippen LogP contribution < -0.4 is 11.1 Å². The van der Waals surface area contributed by atoms with E-state index in [2.05, 4.69) is 26.3 Å². The Labute approximate surface area is 153 Å². The zero-order valence-corrected chi connectivity index (χ0v) is 15.8. The van der Waals surface area contributed by atoms with Gasteiger partial charge in [0.1, 0.15) is 22.1 Å². The number of anilines is 1. The third-order valence-electron chi connectivity index (χ3n) is 4.32. The largest absolute Gasteiger partial charge is 0.444 e. The lowest BCUT2D eigenvalue weighted by molar-refractivity contribution is -0.126. The van der Waals surface area contributed by atoms with Gasteiger partial charge in [-0.15, -0.1) is 0 Å². The standard InChI is InChI=1S/C15H20BrN5O4/c1-14(2,3)25-13(24)20-6-15(5-8(20)11(17)22)7-21-10(18-12(15)23)4-9(16)19-21/h4,8H,5-7H2,1-3H3,(H2,17,22)(H,18,23)/t8-,15?/m0/s1. The number of carbonyl (C=O) groups is 3. The molecular weight excluding hydrogens is 394 g/mol. The van der Waals surface area contributed by atoms with Crippen molar-refractivity contribution in [2.24, 2.45) is 11.1 Å². The summed E-state index contributed by atoms with van der Waals surface area (Å²) in [5.41, 5.74) is 3.78. The summed E-state index contributed by atoms with van der Waals surface area (Å²) in [4.78, 5) is 38.3. The number of primary amides is 1. The first-order valence-electron chi connectivity index (χ1n) is 7.84. The van der Waals surface area contributed by atoms with Crippen LogP contribution in [0.15, 0.2) is 10.7 Å². The quantitative estimate of drug-likeness (QED) is 0.713. The number of amides is 3. The minimum atomic E-state index is -0.977. The van der Waals surface area contributed by atoms with Crippen molar-refractivity contribution in [2.75, 3.05) is 11.9 Å². The van der Waals surface area contributed by atoms with E-state index in [1.165, 1.54) is 4.90 Å². The Balaban J connectivity index is 1.90. The molecular formula is C15H20BrN5O4. The van der Waals surface area contributed by atoms with Crippen molar-refractivity contribution in [3.05, 3.63) is 10.7 Å². The highest BCUT2D eigenvalue weighted by atomic mass is 79.9. The molecule has 0 aliphatic carbocycles. The minimum absolute atomic E-state index is 0.0400. The normalized spacial score (nSPS) is 25.7. The summed E-state index contributed by atoms with van der Waals surface area (Å²) in [6.45, 7) is 5.49. The van der Waals surface area contributed by atoms with Crippen molar-refractivity contribution in [3.63, 3.8) is 0 Å². The van der Waals surface area contributed by atoms with Gasteiger partial charge in [-0.2, -0.15) is 5.10 Å². The first-order chi connectivity index (χ1) is 11.5. The van der Waals surface area contributed by atoms with E-state index >= 15 is 0 Å². The number of nitrogens with two attached hydrogens (primary N) is 1. The molecule has 3 rings (SSSR count). The van der Waals surface area contributed by atoms with E-state index in [4.69, 9.17) is 10.5 Å². The van der Waals surface area contributed by atoms with E-state index in [1.807, 2.05) is 0 Å². The van der Waals surface area contributed by atoms with Crippen LogP contribution in [-0.2, 0) is 20.9 Å². The van der Waals surface area contributed by atoms with E-state index in [0.717, 1.165) is 0 Å². The first-order valence-corrected chi connectivity index (χ1v) is 8.64. The lowest BCUT2D eigenvalue weighted by Gasteiger charge is -2.32. The number of hydrogen-bond donors (Lipinski definition) is 2. The predicted octanol–water partition coefficient (Wildman–Crippen LogP) is 1.08. The summed E-state index contributed by atoms with van der Waals surface area (Å²) in [5, 5.41) is 7.05.